The average Bonchev–Trinajstić information content (AvgIpc) is 2.95. The molecule has 0 aromatic carbocycles. The van der Waals surface area contributed by atoms with Crippen LogP contribution in [0.2, 0.25) is 0 Å². The van der Waals surface area contributed by atoms with Gasteiger partial charge in [0.25, 0.3) is 0 Å². The summed E-state index contributed by atoms with van der Waals surface area (Å²) in [7, 11) is 0. The highest BCUT2D eigenvalue weighted by Gasteiger charge is 2.37. The standard InChI is InChI=1S/C15H17F3N2O2/c16-15(17,18)12-6-3-7-13(19-12)22-11-8-20(9-11)14(21)10-4-1-2-5-10/h3,6-7,10-11H,1-2,4-5,8-9H2. The monoisotopic (exact) mass is 314 g/mol. The molecule has 1 aromatic heterocycles. The first-order valence-corrected chi connectivity index (χ1v) is 7.43. The highest BCUT2D eigenvalue weighted by atomic mass is 19.4. The van der Waals surface area contributed by atoms with Crippen LogP contribution >= 0.6 is 0 Å². The second kappa shape index (κ2) is 5.78. The van der Waals surface area contributed by atoms with Crippen LogP contribution in [-0.4, -0.2) is 35.0 Å². The third-order valence-electron chi connectivity index (χ3n) is 4.17. The summed E-state index contributed by atoms with van der Waals surface area (Å²) in [4.78, 5) is 17.3. The lowest BCUT2D eigenvalue weighted by Crippen LogP contribution is -2.57. The third kappa shape index (κ3) is 3.18. The van der Waals surface area contributed by atoms with Crippen molar-refractivity contribution in [2.75, 3.05) is 13.1 Å². The normalized spacial score (nSPS) is 20.0. The fourth-order valence-corrected chi connectivity index (χ4v) is 2.93. The molecule has 1 saturated heterocycles. The largest absolute Gasteiger partial charge is 0.471 e. The van der Waals surface area contributed by atoms with E-state index in [-0.39, 0.29) is 23.8 Å². The topological polar surface area (TPSA) is 42.4 Å². The van der Waals surface area contributed by atoms with E-state index in [4.69, 9.17) is 4.74 Å². The Labute approximate surface area is 126 Å². The Bertz CT molecular complexity index is 550. The van der Waals surface area contributed by atoms with Crippen LogP contribution in [0.3, 0.4) is 0 Å². The predicted molar refractivity (Wildman–Crippen MR) is 72.2 cm³/mol. The number of carbonyl (C=O) groups is 1. The minimum Gasteiger partial charge on any atom is -0.471 e. The van der Waals surface area contributed by atoms with Gasteiger partial charge in [0, 0.05) is 12.0 Å². The Morgan fingerprint density at radius 1 is 1.23 bits per heavy atom. The molecule has 3 rings (SSSR count). The van der Waals surface area contributed by atoms with E-state index < -0.39 is 11.9 Å². The summed E-state index contributed by atoms with van der Waals surface area (Å²) in [5.74, 6) is 0.217. The molecule has 1 aromatic rings. The fourth-order valence-electron chi connectivity index (χ4n) is 2.93. The van der Waals surface area contributed by atoms with E-state index in [2.05, 4.69) is 4.98 Å². The molecule has 0 unspecified atom stereocenters. The lowest BCUT2D eigenvalue weighted by atomic mass is 10.0. The van der Waals surface area contributed by atoms with E-state index >= 15 is 0 Å². The summed E-state index contributed by atoms with van der Waals surface area (Å²) >= 11 is 0. The number of carbonyl (C=O) groups excluding carboxylic acids is 1. The maximum absolute atomic E-state index is 12.6. The number of halogens is 3. The molecule has 1 amide bonds. The van der Waals surface area contributed by atoms with Gasteiger partial charge < -0.3 is 9.64 Å². The zero-order chi connectivity index (χ0) is 15.7. The molecule has 0 radical (unpaired) electrons. The molecule has 4 nitrogen and oxygen atoms in total. The van der Waals surface area contributed by atoms with Crippen molar-refractivity contribution in [1.29, 1.82) is 0 Å². The van der Waals surface area contributed by atoms with Crippen LogP contribution in [0.4, 0.5) is 13.2 Å². The van der Waals surface area contributed by atoms with Crippen molar-refractivity contribution in [2.24, 2.45) is 5.92 Å². The minimum atomic E-state index is -4.48. The number of hydrogen-bond acceptors (Lipinski definition) is 3. The van der Waals surface area contributed by atoms with Crippen LogP contribution in [0.25, 0.3) is 0 Å². The number of ether oxygens (including phenoxy) is 1. The van der Waals surface area contributed by atoms with Crippen molar-refractivity contribution in [3.8, 4) is 5.88 Å². The van der Waals surface area contributed by atoms with E-state index in [0.717, 1.165) is 31.7 Å². The summed E-state index contributed by atoms with van der Waals surface area (Å²) in [6.07, 6.45) is -0.687. The summed E-state index contributed by atoms with van der Waals surface area (Å²) in [5, 5.41) is 0. The number of amides is 1. The molecule has 0 bridgehead atoms. The van der Waals surface area contributed by atoms with Crippen LogP contribution in [0.5, 0.6) is 5.88 Å². The van der Waals surface area contributed by atoms with E-state index in [1.165, 1.54) is 12.1 Å². The lowest BCUT2D eigenvalue weighted by Gasteiger charge is -2.40. The van der Waals surface area contributed by atoms with Gasteiger partial charge in [-0.1, -0.05) is 18.9 Å². The molecule has 1 aliphatic heterocycles. The Kier molecular flexibility index (Phi) is 3.97. The summed E-state index contributed by atoms with van der Waals surface area (Å²) < 4.78 is 43.1. The molecule has 120 valence electrons. The van der Waals surface area contributed by atoms with Gasteiger partial charge in [0.2, 0.25) is 11.8 Å². The number of rotatable bonds is 3. The summed E-state index contributed by atoms with van der Waals surface area (Å²) in [5.41, 5.74) is -0.969. The lowest BCUT2D eigenvalue weighted by molar-refractivity contribution is -0.144. The molecule has 22 heavy (non-hydrogen) atoms. The van der Waals surface area contributed by atoms with Crippen LogP contribution < -0.4 is 4.74 Å². The Balaban J connectivity index is 1.53. The van der Waals surface area contributed by atoms with Gasteiger partial charge in [0.15, 0.2) is 0 Å². The van der Waals surface area contributed by atoms with Gasteiger partial charge in [0.05, 0.1) is 13.1 Å². The highest BCUT2D eigenvalue weighted by Crippen LogP contribution is 2.30. The second-order valence-electron chi connectivity index (χ2n) is 5.82. The highest BCUT2D eigenvalue weighted by molar-refractivity contribution is 5.80. The second-order valence-corrected chi connectivity index (χ2v) is 5.82. The SMILES string of the molecule is O=C(C1CCCC1)N1CC(Oc2cccc(C(F)(F)F)n2)C1. The fraction of sp³-hybridized carbons (Fsp3) is 0.600. The minimum absolute atomic E-state index is 0.0483. The summed E-state index contributed by atoms with van der Waals surface area (Å²) in [6.45, 7) is 0.848. The van der Waals surface area contributed by atoms with Crippen LogP contribution in [0.15, 0.2) is 18.2 Å². The van der Waals surface area contributed by atoms with Crippen LogP contribution in [0.1, 0.15) is 31.4 Å². The number of likely N-dealkylation sites (tertiary alicyclic amines) is 1. The van der Waals surface area contributed by atoms with Gasteiger partial charge in [-0.25, -0.2) is 4.98 Å². The summed E-state index contributed by atoms with van der Waals surface area (Å²) in [6, 6.07) is 3.57. The van der Waals surface area contributed by atoms with E-state index in [0.29, 0.717) is 13.1 Å². The van der Waals surface area contributed by atoms with Crippen LogP contribution in [0, 0.1) is 5.92 Å². The zero-order valence-corrected chi connectivity index (χ0v) is 12.0. The van der Waals surface area contributed by atoms with Crippen molar-refractivity contribution in [3.63, 3.8) is 0 Å². The Morgan fingerprint density at radius 3 is 2.55 bits per heavy atom. The molecule has 0 spiro atoms. The third-order valence-corrected chi connectivity index (χ3v) is 4.17. The van der Waals surface area contributed by atoms with Crippen molar-refractivity contribution in [1.82, 2.24) is 9.88 Å². The van der Waals surface area contributed by atoms with Gasteiger partial charge in [-0.15, -0.1) is 0 Å². The number of pyridine rings is 1. The number of nitrogens with zero attached hydrogens (tertiary/aromatic N) is 2. The van der Waals surface area contributed by atoms with Crippen molar-refractivity contribution >= 4 is 5.91 Å². The number of alkyl halides is 3. The quantitative estimate of drug-likeness (QED) is 0.861. The molecule has 1 saturated carbocycles. The molecule has 1 aliphatic carbocycles. The van der Waals surface area contributed by atoms with Crippen molar-refractivity contribution < 1.29 is 22.7 Å². The average molecular weight is 314 g/mol. The molecular formula is C15H17F3N2O2. The van der Waals surface area contributed by atoms with Gasteiger partial charge in [0.1, 0.15) is 11.8 Å². The molecule has 2 fully saturated rings. The maximum atomic E-state index is 12.6. The van der Waals surface area contributed by atoms with Gasteiger partial charge in [-0.05, 0) is 18.9 Å². The molecule has 2 heterocycles. The van der Waals surface area contributed by atoms with Crippen molar-refractivity contribution in [3.05, 3.63) is 23.9 Å². The Morgan fingerprint density at radius 2 is 1.91 bits per heavy atom. The van der Waals surface area contributed by atoms with E-state index in [9.17, 15) is 18.0 Å². The first-order valence-electron chi connectivity index (χ1n) is 7.43. The van der Waals surface area contributed by atoms with Gasteiger partial charge >= 0.3 is 6.18 Å². The van der Waals surface area contributed by atoms with Crippen molar-refractivity contribution in [2.45, 2.75) is 38.0 Å². The van der Waals surface area contributed by atoms with Gasteiger partial charge in [-0.3, -0.25) is 4.79 Å². The molecule has 2 aliphatic rings. The first kappa shape index (κ1) is 15.1. The Hall–Kier alpha value is -1.79. The zero-order valence-electron chi connectivity index (χ0n) is 12.0. The molecule has 0 N–H and O–H groups in total. The van der Waals surface area contributed by atoms with Gasteiger partial charge in [-0.2, -0.15) is 13.2 Å². The molecular weight excluding hydrogens is 297 g/mol. The first-order chi connectivity index (χ1) is 10.4. The predicted octanol–water partition coefficient (Wildman–Crippen LogP) is 2.88. The number of aromatic nitrogens is 1. The smallest absolute Gasteiger partial charge is 0.433 e. The van der Waals surface area contributed by atoms with Crippen LogP contribution in [-0.2, 0) is 11.0 Å². The molecule has 7 heteroatoms. The van der Waals surface area contributed by atoms with E-state index in [1.807, 2.05) is 0 Å². The number of hydrogen-bond donors (Lipinski definition) is 0. The molecule has 0 atom stereocenters. The van der Waals surface area contributed by atoms with E-state index in [1.54, 1.807) is 4.90 Å². The maximum Gasteiger partial charge on any atom is 0.433 e.